The Morgan fingerprint density at radius 3 is 2.36 bits per heavy atom. The second-order valence-electron chi connectivity index (χ2n) is 10.5. The highest BCUT2D eigenvalue weighted by atomic mass is 19.4. The fourth-order valence-electron chi connectivity index (χ4n) is 5.10. The number of hydrogen-bond acceptors (Lipinski definition) is 7. The van der Waals surface area contributed by atoms with Crippen molar-refractivity contribution in [2.24, 2.45) is 0 Å². The second-order valence-corrected chi connectivity index (χ2v) is 10.5. The van der Waals surface area contributed by atoms with Gasteiger partial charge in [-0.05, 0) is 35.7 Å². The maximum absolute atomic E-state index is 13.7. The van der Waals surface area contributed by atoms with Gasteiger partial charge < -0.3 is 19.4 Å². The normalized spacial score (nSPS) is 18.9. The summed E-state index contributed by atoms with van der Waals surface area (Å²) in [5.41, 5.74) is 0.602. The van der Waals surface area contributed by atoms with Gasteiger partial charge in [0, 0.05) is 50.6 Å². The van der Waals surface area contributed by atoms with E-state index in [1.165, 1.54) is 12.1 Å². The minimum atomic E-state index is -4.75. The van der Waals surface area contributed by atoms with E-state index < -0.39 is 61.1 Å². The number of fused-ring (bicyclic) bond motifs is 2. The van der Waals surface area contributed by atoms with E-state index >= 15 is 0 Å². The summed E-state index contributed by atoms with van der Waals surface area (Å²) in [6, 6.07) is 7.59. The van der Waals surface area contributed by atoms with Gasteiger partial charge in [0.1, 0.15) is 25.1 Å². The maximum Gasteiger partial charge on any atom is 0.408 e. The third-order valence-corrected chi connectivity index (χ3v) is 7.48. The molecule has 1 fully saturated rings. The van der Waals surface area contributed by atoms with Crippen LogP contribution in [0.1, 0.15) is 23.6 Å². The van der Waals surface area contributed by atoms with E-state index in [4.69, 9.17) is 4.74 Å². The van der Waals surface area contributed by atoms with Gasteiger partial charge in [0.05, 0.1) is 0 Å². The monoisotopic (exact) mass is 585 g/mol. The highest BCUT2D eigenvalue weighted by Gasteiger charge is 2.59. The molecule has 1 saturated heterocycles. The summed E-state index contributed by atoms with van der Waals surface area (Å²) < 4.78 is 60.1. The Balaban J connectivity index is 1.37. The van der Waals surface area contributed by atoms with Gasteiger partial charge in [-0.2, -0.15) is 13.2 Å². The summed E-state index contributed by atoms with van der Waals surface area (Å²) in [4.78, 5) is 51.9. The number of aromatic nitrogens is 2. The van der Waals surface area contributed by atoms with E-state index in [1.807, 2.05) is 14.1 Å². The molecule has 3 aromatic rings. The summed E-state index contributed by atoms with van der Waals surface area (Å²) in [5, 5.41) is 0. The fraction of sp³-hybridized carbons (Fsp3) is 0.345. The first kappa shape index (κ1) is 29.1. The first-order chi connectivity index (χ1) is 19.8. The van der Waals surface area contributed by atoms with Gasteiger partial charge >= 0.3 is 6.18 Å². The molecular formula is C29H27F4N5O4. The summed E-state index contributed by atoms with van der Waals surface area (Å²) in [6.07, 6.45) is -1.57. The molecule has 220 valence electrons. The van der Waals surface area contributed by atoms with E-state index in [1.54, 1.807) is 35.5 Å². The van der Waals surface area contributed by atoms with Crippen molar-refractivity contribution in [3.8, 4) is 11.1 Å². The molecule has 1 aliphatic heterocycles. The minimum Gasteiger partial charge on any atom is -0.347 e. The molecule has 0 N–H and O–H groups in total. The number of benzene rings is 2. The standard InChI is InChI=1S/C29H27F4N5O4/c1-17(29(31,32)33)38(14-18-4-7-22(30)8-5-18)25(40)15-37-16-42-28(26(37)41)23-9-6-19(10-20(23)11-24(28)39)21-12-34-27(35-13-21)36(2)3/h4-10,12-13,17H,11,14-16H2,1-3H3/t17-,28+/m0/s1. The zero-order valence-corrected chi connectivity index (χ0v) is 23.0. The smallest absolute Gasteiger partial charge is 0.347 e. The topological polar surface area (TPSA) is 95.9 Å². The van der Waals surface area contributed by atoms with Crippen molar-refractivity contribution in [3.05, 3.63) is 77.4 Å². The van der Waals surface area contributed by atoms with Crippen molar-refractivity contribution < 1.29 is 36.7 Å². The molecule has 9 nitrogen and oxygen atoms in total. The number of ketones is 1. The first-order valence-corrected chi connectivity index (χ1v) is 13.0. The van der Waals surface area contributed by atoms with E-state index in [0.717, 1.165) is 29.5 Å². The van der Waals surface area contributed by atoms with Crippen LogP contribution >= 0.6 is 0 Å². The van der Waals surface area contributed by atoms with Crippen LogP contribution in [0.25, 0.3) is 11.1 Å². The third-order valence-electron chi connectivity index (χ3n) is 7.48. The number of rotatable bonds is 7. The van der Waals surface area contributed by atoms with Crippen LogP contribution in [0.2, 0.25) is 0 Å². The number of nitrogens with zero attached hydrogens (tertiary/aromatic N) is 5. The Hall–Kier alpha value is -4.39. The van der Waals surface area contributed by atoms with Gasteiger partial charge in [-0.1, -0.05) is 30.3 Å². The van der Waals surface area contributed by atoms with E-state index in [9.17, 15) is 31.9 Å². The lowest BCUT2D eigenvalue weighted by Gasteiger charge is -2.32. The number of halogens is 4. The van der Waals surface area contributed by atoms with Crippen LogP contribution in [0.3, 0.4) is 0 Å². The van der Waals surface area contributed by atoms with E-state index in [2.05, 4.69) is 9.97 Å². The lowest BCUT2D eigenvalue weighted by Crippen LogP contribution is -2.51. The van der Waals surface area contributed by atoms with Gasteiger partial charge in [0.15, 0.2) is 5.78 Å². The Morgan fingerprint density at radius 1 is 1.07 bits per heavy atom. The van der Waals surface area contributed by atoms with Crippen LogP contribution < -0.4 is 4.90 Å². The third kappa shape index (κ3) is 5.20. The van der Waals surface area contributed by atoms with E-state index in [0.29, 0.717) is 27.5 Å². The molecule has 2 amide bonds. The van der Waals surface area contributed by atoms with Crippen molar-refractivity contribution >= 4 is 23.5 Å². The van der Waals surface area contributed by atoms with E-state index in [-0.39, 0.29) is 12.0 Å². The highest BCUT2D eigenvalue weighted by molar-refractivity contribution is 6.15. The number of carbonyl (C=O) groups excluding carboxylic acids is 3. The van der Waals surface area contributed by atoms with Crippen molar-refractivity contribution in [1.29, 1.82) is 0 Å². The van der Waals surface area contributed by atoms with Crippen LogP contribution in [-0.4, -0.2) is 77.0 Å². The maximum atomic E-state index is 13.7. The van der Waals surface area contributed by atoms with Crippen LogP contribution in [-0.2, 0) is 37.7 Å². The molecule has 1 aliphatic carbocycles. The molecule has 13 heteroatoms. The van der Waals surface area contributed by atoms with Crippen molar-refractivity contribution in [2.75, 3.05) is 32.3 Å². The lowest BCUT2D eigenvalue weighted by molar-refractivity contribution is -0.187. The van der Waals surface area contributed by atoms with Gasteiger partial charge in [0.25, 0.3) is 5.91 Å². The average molecular weight is 586 g/mol. The summed E-state index contributed by atoms with van der Waals surface area (Å²) in [6.45, 7) is -0.823. The van der Waals surface area contributed by atoms with Crippen LogP contribution in [0.5, 0.6) is 0 Å². The quantitative estimate of drug-likeness (QED) is 0.310. The number of carbonyl (C=O) groups is 3. The van der Waals surface area contributed by atoms with Crippen molar-refractivity contribution in [2.45, 2.75) is 37.7 Å². The number of amides is 2. The number of Topliss-reactive ketones (excluding diaryl/α,β-unsaturated/α-hetero) is 1. The number of anilines is 1. The molecule has 2 atom stereocenters. The van der Waals surface area contributed by atoms with Gasteiger partial charge in [-0.25, -0.2) is 14.4 Å². The SMILES string of the molecule is C[C@H](N(Cc1ccc(F)cc1)C(=O)CN1CO[C@]2(C(=O)Cc3cc(-c4cnc(N(C)C)nc4)ccc32)C1=O)C(F)(F)F. The van der Waals surface area contributed by atoms with Gasteiger partial charge in [-0.15, -0.1) is 0 Å². The molecule has 2 aromatic carbocycles. The number of hydrogen-bond donors (Lipinski definition) is 0. The predicted molar refractivity (Wildman–Crippen MR) is 142 cm³/mol. The highest BCUT2D eigenvalue weighted by Crippen LogP contribution is 2.43. The van der Waals surface area contributed by atoms with Crippen LogP contribution in [0.15, 0.2) is 54.9 Å². The van der Waals surface area contributed by atoms with Crippen LogP contribution in [0.4, 0.5) is 23.5 Å². The second kappa shape index (κ2) is 10.8. The lowest BCUT2D eigenvalue weighted by atomic mass is 9.92. The molecule has 5 rings (SSSR count). The molecule has 0 bridgehead atoms. The average Bonchev–Trinajstić information content (AvgIpc) is 3.43. The molecule has 1 spiro atoms. The Morgan fingerprint density at radius 2 is 1.74 bits per heavy atom. The summed E-state index contributed by atoms with van der Waals surface area (Å²) >= 11 is 0. The van der Waals surface area contributed by atoms with Gasteiger partial charge in [0.2, 0.25) is 17.5 Å². The molecule has 0 unspecified atom stereocenters. The molecule has 42 heavy (non-hydrogen) atoms. The summed E-state index contributed by atoms with van der Waals surface area (Å²) in [7, 11) is 3.62. The fourth-order valence-corrected chi connectivity index (χ4v) is 5.10. The molecule has 2 aliphatic rings. The molecule has 2 heterocycles. The largest absolute Gasteiger partial charge is 0.408 e. The Kier molecular flexibility index (Phi) is 7.48. The van der Waals surface area contributed by atoms with Crippen molar-refractivity contribution in [3.63, 3.8) is 0 Å². The zero-order valence-electron chi connectivity index (χ0n) is 23.0. The molecular weight excluding hydrogens is 558 g/mol. The summed E-state index contributed by atoms with van der Waals surface area (Å²) in [5.74, 6) is -2.39. The number of ether oxygens (including phenoxy) is 1. The molecule has 0 saturated carbocycles. The number of alkyl halides is 3. The van der Waals surface area contributed by atoms with Crippen LogP contribution in [0, 0.1) is 5.82 Å². The Bertz CT molecular complexity index is 1530. The predicted octanol–water partition coefficient (Wildman–Crippen LogP) is 3.47. The molecule has 1 aromatic heterocycles. The zero-order chi connectivity index (χ0) is 30.4. The van der Waals surface area contributed by atoms with Crippen molar-refractivity contribution in [1.82, 2.24) is 19.8 Å². The molecule has 0 radical (unpaired) electrons. The minimum absolute atomic E-state index is 0.102. The first-order valence-electron chi connectivity index (χ1n) is 13.0. The Labute approximate surface area is 238 Å². The van der Waals surface area contributed by atoms with Gasteiger partial charge in [-0.3, -0.25) is 14.4 Å².